The molecule has 1 unspecified atom stereocenters. The van der Waals surface area contributed by atoms with E-state index in [2.05, 4.69) is 16.0 Å². The van der Waals surface area contributed by atoms with E-state index in [1.165, 1.54) is 5.56 Å². The van der Waals surface area contributed by atoms with E-state index in [0.717, 1.165) is 16.9 Å². The van der Waals surface area contributed by atoms with Gasteiger partial charge in [-0.25, -0.2) is 4.79 Å². The Morgan fingerprint density at radius 1 is 0.848 bits per heavy atom. The van der Waals surface area contributed by atoms with Crippen molar-refractivity contribution in [2.24, 2.45) is 0 Å². The minimum absolute atomic E-state index is 0.331. The first-order chi connectivity index (χ1) is 15.7. The molecule has 0 aliphatic heterocycles. The van der Waals surface area contributed by atoms with Crippen molar-refractivity contribution in [3.8, 4) is 0 Å². The maximum absolute atomic E-state index is 13.3. The zero-order valence-corrected chi connectivity index (χ0v) is 19.5. The summed E-state index contributed by atoms with van der Waals surface area (Å²) >= 11 is 0. The van der Waals surface area contributed by atoms with Gasteiger partial charge in [0.05, 0.1) is 11.4 Å². The van der Waals surface area contributed by atoms with Crippen LogP contribution in [0.5, 0.6) is 0 Å². The van der Waals surface area contributed by atoms with Gasteiger partial charge in [0.15, 0.2) is 0 Å². The number of carbonyl (C=O) groups is 2. The number of alkyl carbamates (subject to hydrolysis) is 1. The van der Waals surface area contributed by atoms with Crippen molar-refractivity contribution in [2.45, 2.75) is 45.8 Å². The highest BCUT2D eigenvalue weighted by Crippen LogP contribution is 2.26. The van der Waals surface area contributed by atoms with Gasteiger partial charge in [0.2, 0.25) is 5.91 Å². The van der Waals surface area contributed by atoms with Crippen LogP contribution < -0.4 is 16.0 Å². The summed E-state index contributed by atoms with van der Waals surface area (Å²) in [5, 5.41) is 9.02. The average molecular weight is 446 g/mol. The van der Waals surface area contributed by atoms with Gasteiger partial charge < -0.3 is 20.7 Å². The van der Waals surface area contributed by atoms with E-state index in [-0.39, 0.29) is 5.91 Å². The van der Waals surface area contributed by atoms with Gasteiger partial charge in [-0.2, -0.15) is 0 Å². The maximum atomic E-state index is 13.3. The Kier molecular flexibility index (Phi) is 7.72. The number of carbonyl (C=O) groups excluding carboxylic acids is 2. The van der Waals surface area contributed by atoms with E-state index in [9.17, 15) is 9.59 Å². The fraction of sp³-hybridized carbons (Fsp3) is 0.259. The summed E-state index contributed by atoms with van der Waals surface area (Å²) in [5.41, 5.74) is 3.72. The zero-order valence-electron chi connectivity index (χ0n) is 19.5. The third-order valence-corrected chi connectivity index (χ3v) is 4.81. The van der Waals surface area contributed by atoms with Crippen LogP contribution in [0.3, 0.4) is 0 Å². The summed E-state index contributed by atoms with van der Waals surface area (Å²) in [6.45, 7) is 7.38. The molecule has 0 radical (unpaired) electrons. The van der Waals surface area contributed by atoms with Crippen LogP contribution in [0.15, 0.2) is 78.9 Å². The Morgan fingerprint density at radius 2 is 1.45 bits per heavy atom. The van der Waals surface area contributed by atoms with Gasteiger partial charge in [0.1, 0.15) is 11.6 Å². The zero-order chi connectivity index (χ0) is 23.8. The second-order valence-electron chi connectivity index (χ2n) is 8.91. The van der Waals surface area contributed by atoms with Gasteiger partial charge in [-0.05, 0) is 57.5 Å². The lowest BCUT2D eigenvalue weighted by Crippen LogP contribution is -2.47. The van der Waals surface area contributed by atoms with Crippen molar-refractivity contribution in [1.82, 2.24) is 5.32 Å². The number of rotatable bonds is 7. The highest BCUT2D eigenvalue weighted by molar-refractivity contribution is 5.99. The van der Waals surface area contributed by atoms with E-state index in [1.807, 2.05) is 85.8 Å². The van der Waals surface area contributed by atoms with Crippen molar-refractivity contribution in [2.75, 3.05) is 10.6 Å². The van der Waals surface area contributed by atoms with E-state index >= 15 is 0 Å². The Morgan fingerprint density at radius 3 is 2.09 bits per heavy atom. The van der Waals surface area contributed by atoms with Crippen LogP contribution in [0.2, 0.25) is 0 Å². The van der Waals surface area contributed by atoms with Crippen molar-refractivity contribution >= 4 is 29.1 Å². The SMILES string of the molecule is Cc1ccc(Nc2ccccc2NC(=O)C(Cc2ccccc2)NC(=O)OC(C)(C)C)cc1. The molecule has 0 aliphatic rings. The number of benzene rings is 3. The van der Waals surface area contributed by atoms with E-state index in [1.54, 1.807) is 20.8 Å². The predicted octanol–water partition coefficient (Wildman–Crippen LogP) is 5.81. The van der Waals surface area contributed by atoms with Gasteiger partial charge in [-0.1, -0.05) is 60.2 Å². The van der Waals surface area contributed by atoms with Gasteiger partial charge in [-0.3, -0.25) is 4.79 Å². The van der Waals surface area contributed by atoms with Crippen LogP contribution in [-0.4, -0.2) is 23.6 Å². The van der Waals surface area contributed by atoms with Crippen LogP contribution in [0.25, 0.3) is 0 Å². The number of anilines is 3. The summed E-state index contributed by atoms with van der Waals surface area (Å²) in [6, 6.07) is 24.2. The first kappa shape index (κ1) is 23.9. The third-order valence-electron chi connectivity index (χ3n) is 4.81. The molecule has 3 rings (SSSR count). The molecule has 1 atom stereocenters. The molecule has 0 bridgehead atoms. The molecule has 3 N–H and O–H groups in total. The number of aryl methyl sites for hydroxylation is 1. The molecule has 0 aliphatic carbocycles. The molecule has 6 heteroatoms. The maximum Gasteiger partial charge on any atom is 0.408 e. The number of para-hydroxylation sites is 2. The second-order valence-corrected chi connectivity index (χ2v) is 8.91. The lowest BCUT2D eigenvalue weighted by molar-refractivity contribution is -0.118. The van der Waals surface area contributed by atoms with Crippen LogP contribution in [0.4, 0.5) is 21.9 Å². The molecule has 0 saturated carbocycles. The lowest BCUT2D eigenvalue weighted by Gasteiger charge is -2.24. The Bertz CT molecular complexity index is 1070. The highest BCUT2D eigenvalue weighted by atomic mass is 16.6. The highest BCUT2D eigenvalue weighted by Gasteiger charge is 2.25. The Labute approximate surface area is 195 Å². The average Bonchev–Trinajstić information content (AvgIpc) is 2.75. The second kappa shape index (κ2) is 10.7. The largest absolute Gasteiger partial charge is 0.444 e. The molecule has 0 spiro atoms. The van der Waals surface area contributed by atoms with Crippen molar-refractivity contribution in [3.63, 3.8) is 0 Å². The smallest absolute Gasteiger partial charge is 0.408 e. The molecular weight excluding hydrogens is 414 g/mol. The number of hydrogen-bond donors (Lipinski definition) is 3. The van der Waals surface area contributed by atoms with Gasteiger partial charge >= 0.3 is 6.09 Å². The van der Waals surface area contributed by atoms with Crippen molar-refractivity contribution in [3.05, 3.63) is 90.0 Å². The lowest BCUT2D eigenvalue weighted by atomic mass is 10.1. The predicted molar refractivity (Wildman–Crippen MR) is 133 cm³/mol. The van der Waals surface area contributed by atoms with Crippen LogP contribution >= 0.6 is 0 Å². The number of nitrogens with one attached hydrogen (secondary N) is 3. The fourth-order valence-electron chi connectivity index (χ4n) is 3.22. The molecule has 0 saturated heterocycles. The van der Waals surface area contributed by atoms with Crippen molar-refractivity contribution < 1.29 is 14.3 Å². The molecule has 33 heavy (non-hydrogen) atoms. The summed E-state index contributed by atoms with van der Waals surface area (Å²) in [7, 11) is 0. The van der Waals surface area contributed by atoms with E-state index < -0.39 is 17.7 Å². The molecule has 172 valence electrons. The molecule has 0 aromatic heterocycles. The summed E-state index contributed by atoms with van der Waals surface area (Å²) < 4.78 is 5.38. The fourth-order valence-corrected chi connectivity index (χ4v) is 3.22. The summed E-state index contributed by atoms with van der Waals surface area (Å²) in [5.74, 6) is -0.331. The number of amides is 2. The number of hydrogen-bond acceptors (Lipinski definition) is 4. The topological polar surface area (TPSA) is 79.5 Å². The Hall–Kier alpha value is -3.80. The minimum Gasteiger partial charge on any atom is -0.444 e. The molecule has 6 nitrogen and oxygen atoms in total. The number of ether oxygens (including phenoxy) is 1. The quantitative estimate of drug-likeness (QED) is 0.429. The molecule has 0 fully saturated rings. The third kappa shape index (κ3) is 7.68. The van der Waals surface area contributed by atoms with E-state index in [4.69, 9.17) is 4.74 Å². The van der Waals surface area contributed by atoms with Crippen molar-refractivity contribution in [1.29, 1.82) is 0 Å². The Balaban J connectivity index is 1.78. The monoisotopic (exact) mass is 445 g/mol. The standard InChI is InChI=1S/C27H31N3O3/c1-19-14-16-21(17-15-19)28-22-12-8-9-13-23(22)29-25(31)24(18-20-10-6-5-7-11-20)30-26(32)33-27(2,3)4/h5-17,24,28H,18H2,1-4H3,(H,29,31)(H,30,32). The molecule has 3 aromatic carbocycles. The minimum atomic E-state index is -0.810. The molecule has 2 amide bonds. The molecule has 3 aromatic rings. The van der Waals surface area contributed by atoms with E-state index in [0.29, 0.717) is 12.1 Å². The first-order valence-corrected chi connectivity index (χ1v) is 11.0. The normalized spacial score (nSPS) is 11.9. The van der Waals surface area contributed by atoms with Gasteiger partial charge in [-0.15, -0.1) is 0 Å². The van der Waals surface area contributed by atoms with Crippen LogP contribution in [0.1, 0.15) is 31.9 Å². The van der Waals surface area contributed by atoms with Gasteiger partial charge in [0, 0.05) is 12.1 Å². The molecular formula is C27H31N3O3. The first-order valence-electron chi connectivity index (χ1n) is 11.0. The summed E-state index contributed by atoms with van der Waals surface area (Å²) in [4.78, 5) is 25.7. The summed E-state index contributed by atoms with van der Waals surface area (Å²) in [6.07, 6.45) is -0.302. The molecule has 0 heterocycles. The van der Waals surface area contributed by atoms with Gasteiger partial charge in [0.25, 0.3) is 0 Å². The van der Waals surface area contributed by atoms with Crippen LogP contribution in [-0.2, 0) is 16.0 Å². The van der Waals surface area contributed by atoms with Crippen LogP contribution in [0, 0.1) is 6.92 Å².